The number of hydrogen-bond acceptors (Lipinski definition) is 4. The molecule has 0 bridgehead atoms. The maximum atomic E-state index is 11.9. The van der Waals surface area contributed by atoms with E-state index in [2.05, 4.69) is 28.2 Å². The summed E-state index contributed by atoms with van der Waals surface area (Å²) < 4.78 is 0. The molecule has 0 aliphatic heterocycles. The second kappa shape index (κ2) is 11.9. The molecule has 0 heterocycles. The van der Waals surface area contributed by atoms with Crippen molar-refractivity contribution >= 4 is 47.0 Å². The van der Waals surface area contributed by atoms with Gasteiger partial charge in [0.15, 0.2) is 0 Å². The molecule has 0 aliphatic carbocycles. The van der Waals surface area contributed by atoms with E-state index in [1.807, 2.05) is 31.6 Å². The summed E-state index contributed by atoms with van der Waals surface area (Å²) in [6.45, 7) is 5.20. The molecule has 0 radical (unpaired) electrons. The van der Waals surface area contributed by atoms with Crippen molar-refractivity contribution in [3.63, 3.8) is 0 Å². The minimum atomic E-state index is -0.253. The Morgan fingerprint density at radius 3 is 2.52 bits per heavy atom. The van der Waals surface area contributed by atoms with Crippen molar-refractivity contribution in [3.05, 3.63) is 23.8 Å². The van der Waals surface area contributed by atoms with Crippen LogP contribution in [-0.4, -0.2) is 48.7 Å². The third-order valence-corrected chi connectivity index (χ3v) is 5.18. The molecule has 0 aliphatic rings. The molecule has 1 rings (SSSR count). The highest BCUT2D eigenvalue weighted by atomic mass is 32.2. The Morgan fingerprint density at radius 1 is 1.12 bits per heavy atom. The van der Waals surface area contributed by atoms with Crippen LogP contribution in [0, 0.1) is 6.92 Å². The van der Waals surface area contributed by atoms with Crippen LogP contribution in [0.25, 0.3) is 0 Å². The van der Waals surface area contributed by atoms with E-state index < -0.39 is 0 Å². The van der Waals surface area contributed by atoms with Crippen LogP contribution in [0.5, 0.6) is 0 Å². The largest absolute Gasteiger partial charge is 0.338 e. The van der Waals surface area contributed by atoms with Gasteiger partial charge in [-0.05, 0) is 49.3 Å². The van der Waals surface area contributed by atoms with Gasteiger partial charge in [0, 0.05) is 29.7 Å². The molecule has 4 amide bonds. The van der Waals surface area contributed by atoms with E-state index >= 15 is 0 Å². The van der Waals surface area contributed by atoms with Gasteiger partial charge in [0.1, 0.15) is 0 Å². The fourth-order valence-corrected chi connectivity index (χ4v) is 2.60. The molecule has 0 spiro atoms. The molecule has 6 nitrogen and oxygen atoms in total. The predicted octanol–water partition coefficient (Wildman–Crippen LogP) is 3.74. The third-order valence-electron chi connectivity index (χ3n) is 3.51. The molecule has 1 unspecified atom stereocenters. The number of hydrogen-bond donors (Lipinski definition) is 4. The summed E-state index contributed by atoms with van der Waals surface area (Å²) in [5.74, 6) is 1.02. The van der Waals surface area contributed by atoms with Gasteiger partial charge in [0.05, 0.1) is 0 Å². The molecular weight excluding hydrogens is 356 g/mol. The zero-order chi connectivity index (χ0) is 18.7. The van der Waals surface area contributed by atoms with Crippen molar-refractivity contribution in [1.82, 2.24) is 10.6 Å². The summed E-state index contributed by atoms with van der Waals surface area (Å²) in [4.78, 5) is 23.9. The highest BCUT2D eigenvalue weighted by molar-refractivity contribution is 7.99. The summed E-state index contributed by atoms with van der Waals surface area (Å²) in [6.07, 6.45) is 4.98. The first-order chi connectivity index (χ1) is 12.0. The van der Waals surface area contributed by atoms with Crippen LogP contribution in [0.2, 0.25) is 0 Å². The first-order valence-corrected chi connectivity index (χ1v) is 10.9. The van der Waals surface area contributed by atoms with E-state index in [1.54, 1.807) is 29.6 Å². The highest BCUT2D eigenvalue weighted by Crippen LogP contribution is 2.20. The van der Waals surface area contributed by atoms with E-state index in [1.165, 1.54) is 0 Å². The summed E-state index contributed by atoms with van der Waals surface area (Å²) >= 11 is 3.45. The average molecular weight is 385 g/mol. The van der Waals surface area contributed by atoms with Gasteiger partial charge in [-0.3, -0.25) is 0 Å². The summed E-state index contributed by atoms with van der Waals surface area (Å²) in [7, 11) is 0. The molecule has 0 saturated heterocycles. The number of carbonyl (C=O) groups is 2. The number of thioether (sulfide) groups is 2. The molecule has 140 valence electrons. The Bertz CT molecular complexity index is 570. The Labute approximate surface area is 158 Å². The predicted molar refractivity (Wildman–Crippen MR) is 111 cm³/mol. The van der Waals surface area contributed by atoms with Crippen molar-refractivity contribution < 1.29 is 9.59 Å². The molecule has 1 aromatic carbocycles. The van der Waals surface area contributed by atoms with Gasteiger partial charge < -0.3 is 21.3 Å². The number of aryl methyl sites for hydroxylation is 1. The van der Waals surface area contributed by atoms with E-state index in [-0.39, 0.29) is 12.1 Å². The number of nitrogens with one attached hydrogen (secondary N) is 4. The van der Waals surface area contributed by atoms with E-state index in [9.17, 15) is 9.59 Å². The average Bonchev–Trinajstić information content (AvgIpc) is 2.59. The summed E-state index contributed by atoms with van der Waals surface area (Å²) in [6, 6.07) is 4.95. The number of amides is 4. The Kier molecular flexibility index (Phi) is 10.3. The van der Waals surface area contributed by atoms with E-state index in [0.29, 0.717) is 29.7 Å². The minimum absolute atomic E-state index is 0.236. The maximum absolute atomic E-state index is 11.9. The second-order valence-corrected chi connectivity index (χ2v) is 7.90. The zero-order valence-electron chi connectivity index (χ0n) is 15.3. The second-order valence-electron chi connectivity index (χ2n) is 5.64. The molecule has 0 fully saturated rings. The Morgan fingerprint density at radius 2 is 1.84 bits per heavy atom. The Balaban J connectivity index is 2.54. The lowest BCUT2D eigenvalue weighted by atomic mass is 10.2. The fourth-order valence-electron chi connectivity index (χ4n) is 1.91. The quantitative estimate of drug-likeness (QED) is 0.489. The lowest BCUT2D eigenvalue weighted by molar-refractivity contribution is 0.251. The van der Waals surface area contributed by atoms with Crippen LogP contribution < -0.4 is 21.3 Å². The smallest absolute Gasteiger partial charge is 0.319 e. The first kappa shape index (κ1) is 21.5. The number of benzene rings is 1. The lowest BCUT2D eigenvalue weighted by Gasteiger charge is -2.14. The number of carbonyl (C=O) groups excluding carboxylic acids is 2. The molecule has 1 atom stereocenters. The summed E-state index contributed by atoms with van der Waals surface area (Å²) in [5, 5.41) is 11.6. The SMILES string of the molecule is CSCCCNC(=O)Nc1cc(NC(=O)NCC(C)SC)ccc1C. The molecule has 0 saturated carbocycles. The van der Waals surface area contributed by atoms with Crippen LogP contribution in [0.1, 0.15) is 18.9 Å². The van der Waals surface area contributed by atoms with Gasteiger partial charge in [-0.1, -0.05) is 13.0 Å². The monoisotopic (exact) mass is 384 g/mol. The van der Waals surface area contributed by atoms with Gasteiger partial charge in [-0.15, -0.1) is 0 Å². The number of rotatable bonds is 9. The van der Waals surface area contributed by atoms with Crippen LogP contribution in [-0.2, 0) is 0 Å². The van der Waals surface area contributed by atoms with Gasteiger partial charge >= 0.3 is 12.1 Å². The maximum Gasteiger partial charge on any atom is 0.319 e. The van der Waals surface area contributed by atoms with Crippen LogP contribution in [0.15, 0.2) is 18.2 Å². The van der Waals surface area contributed by atoms with Crippen molar-refractivity contribution in [2.75, 3.05) is 42.0 Å². The first-order valence-electron chi connectivity index (χ1n) is 8.18. The van der Waals surface area contributed by atoms with Crippen molar-refractivity contribution in [2.24, 2.45) is 0 Å². The molecule has 25 heavy (non-hydrogen) atoms. The number of urea groups is 2. The topological polar surface area (TPSA) is 82.3 Å². The van der Waals surface area contributed by atoms with Gasteiger partial charge in [-0.2, -0.15) is 23.5 Å². The molecule has 0 aromatic heterocycles. The van der Waals surface area contributed by atoms with Crippen LogP contribution in [0.3, 0.4) is 0 Å². The highest BCUT2D eigenvalue weighted by Gasteiger charge is 2.08. The van der Waals surface area contributed by atoms with Crippen LogP contribution in [0.4, 0.5) is 21.0 Å². The summed E-state index contributed by atoms with van der Waals surface area (Å²) in [5.41, 5.74) is 2.25. The van der Waals surface area contributed by atoms with Gasteiger partial charge in [-0.25, -0.2) is 9.59 Å². The molecule has 8 heteroatoms. The third kappa shape index (κ3) is 8.92. The van der Waals surface area contributed by atoms with Crippen LogP contribution >= 0.6 is 23.5 Å². The van der Waals surface area contributed by atoms with Gasteiger partial charge in [0.25, 0.3) is 0 Å². The molecule has 1 aromatic rings. The van der Waals surface area contributed by atoms with Crippen molar-refractivity contribution in [3.8, 4) is 0 Å². The minimum Gasteiger partial charge on any atom is -0.338 e. The Hall–Kier alpha value is -1.54. The standard InChI is InChI=1S/C17H28N4O2S2/c1-12-6-7-14(20-17(23)19-11-13(2)25-4)10-15(12)21-16(22)18-8-5-9-24-3/h6-7,10,13H,5,8-9,11H2,1-4H3,(H2,18,21,22)(H2,19,20,23). The lowest BCUT2D eigenvalue weighted by Crippen LogP contribution is -2.33. The van der Waals surface area contributed by atoms with Gasteiger partial charge in [0.2, 0.25) is 0 Å². The van der Waals surface area contributed by atoms with Crippen molar-refractivity contribution in [1.29, 1.82) is 0 Å². The zero-order valence-corrected chi connectivity index (χ0v) is 16.9. The normalized spacial score (nSPS) is 11.5. The van der Waals surface area contributed by atoms with Crippen molar-refractivity contribution in [2.45, 2.75) is 25.5 Å². The fraction of sp³-hybridized carbons (Fsp3) is 0.529. The molecular formula is C17H28N4O2S2. The van der Waals surface area contributed by atoms with E-state index in [0.717, 1.165) is 17.7 Å². The molecule has 4 N–H and O–H groups in total. The number of anilines is 2. The van der Waals surface area contributed by atoms with E-state index in [4.69, 9.17) is 0 Å².